The zero-order valence-electron chi connectivity index (χ0n) is 17.3. The Kier molecular flexibility index (Phi) is 10.9. The molecule has 0 saturated carbocycles. The van der Waals surface area contributed by atoms with E-state index in [2.05, 4.69) is 27.4 Å². The largest absolute Gasteiger partial charge is 0.355 e. The van der Waals surface area contributed by atoms with Gasteiger partial charge >= 0.3 is 0 Å². The molecular weight excluding hydrogens is 487 g/mol. The fourth-order valence-corrected chi connectivity index (χ4v) is 3.14. The monoisotopic (exact) mass is 518 g/mol. The molecule has 29 heavy (non-hydrogen) atoms. The van der Waals surface area contributed by atoms with E-state index in [1.54, 1.807) is 26.2 Å². The molecule has 1 amide bonds. The lowest BCUT2D eigenvalue weighted by Crippen LogP contribution is -2.47. The standard InChI is InChI=1S/C19H30N6O3.HI/c1-4-24-11-5-6-17(24)13-21-19(22-14-18(26)23(2)3)20-12-15-7-9-16(10-8-15)25(27)28;/h7-10,17H,4-6,11-14H2,1-3H3,(H2,20,21,22);1H. The Hall–Kier alpha value is -1.95. The number of hydrogen-bond donors (Lipinski definition) is 2. The molecule has 0 radical (unpaired) electrons. The minimum Gasteiger partial charge on any atom is -0.355 e. The smallest absolute Gasteiger partial charge is 0.269 e. The first-order valence-electron chi connectivity index (χ1n) is 9.60. The SMILES string of the molecule is CCN1CCCC1CNC(=NCc1ccc([N+](=O)[O-])cc1)NCC(=O)N(C)C.I. The summed E-state index contributed by atoms with van der Waals surface area (Å²) in [7, 11) is 3.42. The van der Waals surface area contributed by atoms with Crippen LogP contribution in [0.2, 0.25) is 0 Å². The zero-order chi connectivity index (χ0) is 20.5. The predicted molar refractivity (Wildman–Crippen MR) is 125 cm³/mol. The number of amides is 1. The van der Waals surface area contributed by atoms with Crippen molar-refractivity contribution in [1.29, 1.82) is 0 Å². The van der Waals surface area contributed by atoms with E-state index in [1.165, 1.54) is 23.5 Å². The number of nitrogens with one attached hydrogen (secondary N) is 2. The lowest BCUT2D eigenvalue weighted by atomic mass is 10.2. The van der Waals surface area contributed by atoms with Crippen molar-refractivity contribution in [2.75, 3.05) is 40.3 Å². The molecule has 0 spiro atoms. The molecule has 1 unspecified atom stereocenters. The van der Waals surface area contributed by atoms with Gasteiger partial charge in [0.15, 0.2) is 5.96 Å². The van der Waals surface area contributed by atoms with Crippen LogP contribution in [0.25, 0.3) is 0 Å². The number of likely N-dealkylation sites (N-methyl/N-ethyl adjacent to an activating group) is 2. The van der Waals surface area contributed by atoms with E-state index in [0.29, 0.717) is 18.5 Å². The Balaban J connectivity index is 0.00000420. The summed E-state index contributed by atoms with van der Waals surface area (Å²) in [5.74, 6) is 0.525. The number of guanidine groups is 1. The second-order valence-electron chi connectivity index (χ2n) is 7.04. The first kappa shape index (κ1) is 25.1. The van der Waals surface area contributed by atoms with Crippen LogP contribution >= 0.6 is 24.0 Å². The summed E-state index contributed by atoms with van der Waals surface area (Å²) in [6.07, 6.45) is 2.34. The molecule has 0 bridgehead atoms. The van der Waals surface area contributed by atoms with Crippen molar-refractivity contribution in [2.45, 2.75) is 32.4 Å². The van der Waals surface area contributed by atoms with Gasteiger partial charge in [0.1, 0.15) is 0 Å². The van der Waals surface area contributed by atoms with Gasteiger partial charge in [0.2, 0.25) is 5.91 Å². The maximum atomic E-state index is 11.9. The highest BCUT2D eigenvalue weighted by Gasteiger charge is 2.22. The van der Waals surface area contributed by atoms with E-state index in [1.807, 2.05) is 0 Å². The van der Waals surface area contributed by atoms with Crippen molar-refractivity contribution >= 4 is 41.5 Å². The van der Waals surface area contributed by atoms with E-state index in [-0.39, 0.29) is 42.1 Å². The molecule has 1 aromatic carbocycles. The number of likely N-dealkylation sites (tertiary alicyclic amines) is 1. The molecule has 10 heteroatoms. The second kappa shape index (κ2) is 12.6. The first-order valence-corrected chi connectivity index (χ1v) is 9.60. The average molecular weight is 518 g/mol. The minimum atomic E-state index is -0.421. The van der Waals surface area contributed by atoms with Crippen LogP contribution in [0.5, 0.6) is 0 Å². The molecule has 2 N–H and O–H groups in total. The molecule has 1 heterocycles. The molecule has 1 aliphatic heterocycles. The Morgan fingerprint density at radius 3 is 2.59 bits per heavy atom. The van der Waals surface area contributed by atoms with Crippen molar-refractivity contribution in [3.05, 3.63) is 39.9 Å². The number of rotatable bonds is 8. The molecule has 0 aliphatic carbocycles. The van der Waals surface area contributed by atoms with Gasteiger partial charge in [-0.25, -0.2) is 4.99 Å². The summed E-state index contributed by atoms with van der Waals surface area (Å²) >= 11 is 0. The topological polar surface area (TPSA) is 103 Å². The summed E-state index contributed by atoms with van der Waals surface area (Å²) < 4.78 is 0. The summed E-state index contributed by atoms with van der Waals surface area (Å²) in [6.45, 7) is 5.58. The Bertz CT molecular complexity index is 696. The van der Waals surface area contributed by atoms with Crippen LogP contribution in [0.1, 0.15) is 25.3 Å². The number of aliphatic imine (C=N–C) groups is 1. The first-order chi connectivity index (χ1) is 13.4. The number of nitro groups is 1. The van der Waals surface area contributed by atoms with E-state index in [9.17, 15) is 14.9 Å². The van der Waals surface area contributed by atoms with Gasteiger partial charge in [-0.2, -0.15) is 0 Å². The van der Waals surface area contributed by atoms with E-state index in [0.717, 1.165) is 31.6 Å². The third-order valence-corrected chi connectivity index (χ3v) is 4.88. The minimum absolute atomic E-state index is 0. The number of halogens is 1. The van der Waals surface area contributed by atoms with Gasteiger partial charge in [0.25, 0.3) is 5.69 Å². The van der Waals surface area contributed by atoms with Crippen molar-refractivity contribution < 1.29 is 9.72 Å². The maximum Gasteiger partial charge on any atom is 0.269 e. The summed E-state index contributed by atoms with van der Waals surface area (Å²) in [5, 5.41) is 17.2. The van der Waals surface area contributed by atoms with Gasteiger partial charge < -0.3 is 15.5 Å². The lowest BCUT2D eigenvalue weighted by Gasteiger charge is -2.24. The number of nitrogens with zero attached hydrogens (tertiary/aromatic N) is 4. The van der Waals surface area contributed by atoms with Crippen molar-refractivity contribution in [3.8, 4) is 0 Å². The average Bonchev–Trinajstić information content (AvgIpc) is 3.14. The van der Waals surface area contributed by atoms with Crippen LogP contribution in [0.3, 0.4) is 0 Å². The molecule has 0 aromatic heterocycles. The van der Waals surface area contributed by atoms with Crippen LogP contribution in [0.15, 0.2) is 29.3 Å². The summed E-state index contributed by atoms with van der Waals surface area (Å²) in [4.78, 5) is 30.7. The molecule has 9 nitrogen and oxygen atoms in total. The number of non-ortho nitro benzene ring substituents is 1. The van der Waals surface area contributed by atoms with Gasteiger partial charge in [0, 0.05) is 38.8 Å². The number of carbonyl (C=O) groups is 1. The van der Waals surface area contributed by atoms with Crippen LogP contribution in [-0.4, -0.2) is 72.9 Å². The molecule has 1 aliphatic rings. The lowest BCUT2D eigenvalue weighted by molar-refractivity contribution is -0.384. The molecule has 1 fully saturated rings. The van der Waals surface area contributed by atoms with Crippen LogP contribution in [0, 0.1) is 10.1 Å². The highest BCUT2D eigenvalue weighted by atomic mass is 127. The quantitative estimate of drug-likeness (QED) is 0.179. The number of carbonyl (C=O) groups excluding carboxylic acids is 1. The summed E-state index contributed by atoms with van der Waals surface area (Å²) in [5.41, 5.74) is 0.920. The fourth-order valence-electron chi connectivity index (χ4n) is 3.14. The number of nitro benzene ring substituents is 1. The van der Waals surface area contributed by atoms with E-state index in [4.69, 9.17) is 0 Å². The molecule has 1 saturated heterocycles. The van der Waals surface area contributed by atoms with Gasteiger partial charge in [-0.15, -0.1) is 24.0 Å². The summed E-state index contributed by atoms with van der Waals surface area (Å²) in [6, 6.07) is 6.79. The van der Waals surface area contributed by atoms with Crippen molar-refractivity contribution in [1.82, 2.24) is 20.4 Å². The highest BCUT2D eigenvalue weighted by molar-refractivity contribution is 14.0. The normalized spacial score (nSPS) is 16.8. The molecule has 162 valence electrons. The van der Waals surface area contributed by atoms with E-state index >= 15 is 0 Å². The second-order valence-corrected chi connectivity index (χ2v) is 7.04. The van der Waals surface area contributed by atoms with Crippen LogP contribution < -0.4 is 10.6 Å². The Morgan fingerprint density at radius 2 is 2.00 bits per heavy atom. The zero-order valence-corrected chi connectivity index (χ0v) is 19.6. The van der Waals surface area contributed by atoms with Crippen LogP contribution in [-0.2, 0) is 11.3 Å². The molecular formula is C19H31IN6O3. The van der Waals surface area contributed by atoms with Crippen molar-refractivity contribution in [3.63, 3.8) is 0 Å². The predicted octanol–water partition coefficient (Wildman–Crippen LogP) is 1.82. The Labute approximate surface area is 189 Å². The molecule has 1 atom stereocenters. The Morgan fingerprint density at radius 1 is 1.31 bits per heavy atom. The van der Waals surface area contributed by atoms with Gasteiger partial charge in [0.05, 0.1) is 18.0 Å². The molecule has 1 aromatic rings. The fraction of sp³-hybridized carbons (Fsp3) is 0.579. The third kappa shape index (κ3) is 8.13. The third-order valence-electron chi connectivity index (χ3n) is 4.88. The highest BCUT2D eigenvalue weighted by Crippen LogP contribution is 2.15. The van der Waals surface area contributed by atoms with Gasteiger partial charge in [-0.3, -0.25) is 19.8 Å². The molecule has 2 rings (SSSR count). The number of benzene rings is 1. The maximum absolute atomic E-state index is 11.9. The van der Waals surface area contributed by atoms with Crippen molar-refractivity contribution in [2.24, 2.45) is 4.99 Å². The number of hydrogen-bond acceptors (Lipinski definition) is 5. The van der Waals surface area contributed by atoms with Gasteiger partial charge in [-0.05, 0) is 31.5 Å². The van der Waals surface area contributed by atoms with E-state index < -0.39 is 4.92 Å². The van der Waals surface area contributed by atoms with Crippen LogP contribution in [0.4, 0.5) is 5.69 Å². The van der Waals surface area contributed by atoms with Gasteiger partial charge in [-0.1, -0.05) is 19.1 Å².